The number of nitrogens with zero attached hydrogens (tertiary/aromatic N) is 1. The van der Waals surface area contributed by atoms with Crippen molar-refractivity contribution in [3.05, 3.63) is 65.4 Å². The number of aromatic nitrogens is 1. The molecule has 2 aliphatic heterocycles. The van der Waals surface area contributed by atoms with Crippen molar-refractivity contribution < 1.29 is 9.47 Å². The first-order valence-corrected chi connectivity index (χ1v) is 8.39. The minimum atomic E-state index is 0.150. The number of ether oxygens (including phenoxy) is 2. The van der Waals surface area contributed by atoms with E-state index in [2.05, 4.69) is 46.7 Å². The van der Waals surface area contributed by atoms with Crippen LogP contribution in [-0.2, 0) is 6.42 Å². The maximum Gasteiger partial charge on any atom is 0.161 e. The number of benzene rings is 2. The molecule has 2 aliphatic rings. The van der Waals surface area contributed by atoms with Gasteiger partial charge in [0.15, 0.2) is 11.5 Å². The number of para-hydroxylation sites is 1. The fourth-order valence-electron chi connectivity index (χ4n) is 3.74. The normalized spacial score (nSPS) is 19.1. The monoisotopic (exact) mass is 318 g/mol. The molecule has 3 aromatic rings. The molecule has 5 rings (SSSR count). The fraction of sp³-hybridized carbons (Fsp3) is 0.250. The lowest BCUT2D eigenvalue weighted by atomic mass is 9.88. The van der Waals surface area contributed by atoms with Crippen molar-refractivity contribution in [1.29, 1.82) is 0 Å². The van der Waals surface area contributed by atoms with E-state index in [1.165, 1.54) is 22.1 Å². The fourth-order valence-corrected chi connectivity index (χ4v) is 3.74. The molecule has 0 saturated carbocycles. The van der Waals surface area contributed by atoms with Crippen molar-refractivity contribution in [1.82, 2.24) is 10.3 Å². The van der Waals surface area contributed by atoms with E-state index in [0.29, 0.717) is 13.2 Å². The summed E-state index contributed by atoms with van der Waals surface area (Å²) < 4.78 is 11.5. The second-order valence-corrected chi connectivity index (χ2v) is 6.25. The predicted molar refractivity (Wildman–Crippen MR) is 92.7 cm³/mol. The van der Waals surface area contributed by atoms with Gasteiger partial charge in [-0.2, -0.15) is 0 Å². The van der Waals surface area contributed by atoms with Gasteiger partial charge in [0.25, 0.3) is 0 Å². The van der Waals surface area contributed by atoms with Gasteiger partial charge in [-0.05, 0) is 47.4 Å². The van der Waals surface area contributed by atoms with Crippen molar-refractivity contribution in [2.45, 2.75) is 12.5 Å². The molecule has 0 saturated heterocycles. The molecule has 4 nitrogen and oxygen atoms in total. The maximum absolute atomic E-state index is 5.80. The first-order valence-electron chi connectivity index (χ1n) is 8.39. The van der Waals surface area contributed by atoms with Crippen LogP contribution in [0.1, 0.15) is 22.7 Å². The summed E-state index contributed by atoms with van der Waals surface area (Å²) in [6, 6.07) is 14.9. The van der Waals surface area contributed by atoms with Gasteiger partial charge in [-0.25, -0.2) is 0 Å². The number of fused-ring (bicyclic) bond motifs is 3. The van der Waals surface area contributed by atoms with Crippen molar-refractivity contribution in [3.8, 4) is 11.5 Å². The van der Waals surface area contributed by atoms with Crippen molar-refractivity contribution in [3.63, 3.8) is 0 Å². The molecular formula is C20H18N2O2. The van der Waals surface area contributed by atoms with E-state index in [1.54, 1.807) is 0 Å². The Labute approximate surface area is 140 Å². The minimum Gasteiger partial charge on any atom is -0.486 e. The third kappa shape index (κ3) is 2.14. The Morgan fingerprint density at radius 2 is 1.79 bits per heavy atom. The highest BCUT2D eigenvalue weighted by atomic mass is 16.6. The molecule has 1 atom stereocenters. The predicted octanol–water partition coefficient (Wildman–Crippen LogP) is 3.24. The Kier molecular flexibility index (Phi) is 3.16. The summed E-state index contributed by atoms with van der Waals surface area (Å²) in [6.07, 6.45) is 2.90. The molecule has 24 heavy (non-hydrogen) atoms. The van der Waals surface area contributed by atoms with Gasteiger partial charge in [-0.15, -0.1) is 0 Å². The number of rotatable bonds is 1. The largest absolute Gasteiger partial charge is 0.486 e. The zero-order valence-electron chi connectivity index (χ0n) is 13.3. The van der Waals surface area contributed by atoms with Crippen LogP contribution in [0, 0.1) is 0 Å². The van der Waals surface area contributed by atoms with Crippen molar-refractivity contribution in [2.24, 2.45) is 0 Å². The molecule has 0 bridgehead atoms. The lowest BCUT2D eigenvalue weighted by Crippen LogP contribution is -2.31. The third-order valence-corrected chi connectivity index (χ3v) is 4.85. The van der Waals surface area contributed by atoms with Crippen LogP contribution in [0.15, 0.2) is 48.7 Å². The first-order chi connectivity index (χ1) is 11.9. The van der Waals surface area contributed by atoms with E-state index in [9.17, 15) is 0 Å². The topological polar surface area (TPSA) is 43.4 Å². The van der Waals surface area contributed by atoms with Crippen LogP contribution in [0.4, 0.5) is 0 Å². The zero-order chi connectivity index (χ0) is 15.9. The minimum absolute atomic E-state index is 0.150. The average Bonchev–Trinajstić information content (AvgIpc) is 2.65. The van der Waals surface area contributed by atoms with Gasteiger partial charge in [0.05, 0.1) is 11.6 Å². The summed E-state index contributed by atoms with van der Waals surface area (Å²) in [6.45, 7) is 2.19. The summed E-state index contributed by atoms with van der Waals surface area (Å²) in [7, 11) is 0. The second kappa shape index (κ2) is 5.49. The summed E-state index contributed by atoms with van der Waals surface area (Å²) in [4.78, 5) is 4.49. The number of hydrogen-bond donors (Lipinski definition) is 1. The molecule has 2 aromatic carbocycles. The van der Waals surface area contributed by atoms with E-state index in [0.717, 1.165) is 30.0 Å². The lowest BCUT2D eigenvalue weighted by molar-refractivity contribution is 0.171. The Hall–Kier alpha value is -2.59. The maximum atomic E-state index is 5.80. The van der Waals surface area contributed by atoms with E-state index in [-0.39, 0.29) is 6.04 Å². The second-order valence-electron chi connectivity index (χ2n) is 6.25. The van der Waals surface area contributed by atoms with Crippen molar-refractivity contribution in [2.75, 3.05) is 19.8 Å². The molecule has 1 N–H and O–H groups in total. The summed E-state index contributed by atoms with van der Waals surface area (Å²) in [5.74, 6) is 1.73. The summed E-state index contributed by atoms with van der Waals surface area (Å²) in [5, 5.41) is 4.86. The van der Waals surface area contributed by atoms with E-state index in [4.69, 9.17) is 9.47 Å². The van der Waals surface area contributed by atoms with E-state index >= 15 is 0 Å². The van der Waals surface area contributed by atoms with Gasteiger partial charge < -0.3 is 14.8 Å². The standard InChI is InChI=1S/C20H18N2O2/c1-2-4-17-14(3-1)15(6-8-21-17)20-16-12-19-18(23-9-10-24-19)11-13(16)5-7-22-20/h1-4,6,8,11-12,20,22H,5,7,9-10H2. The Morgan fingerprint density at radius 3 is 2.71 bits per heavy atom. The van der Waals surface area contributed by atoms with Gasteiger partial charge >= 0.3 is 0 Å². The highest BCUT2D eigenvalue weighted by Crippen LogP contribution is 2.39. The highest BCUT2D eigenvalue weighted by molar-refractivity contribution is 5.83. The molecule has 0 aliphatic carbocycles. The van der Waals surface area contributed by atoms with Crippen LogP contribution in [0.2, 0.25) is 0 Å². The highest BCUT2D eigenvalue weighted by Gasteiger charge is 2.26. The van der Waals surface area contributed by atoms with Crippen LogP contribution in [0.25, 0.3) is 10.9 Å². The molecule has 3 heterocycles. The van der Waals surface area contributed by atoms with Crippen LogP contribution in [0.3, 0.4) is 0 Å². The number of pyridine rings is 1. The van der Waals surface area contributed by atoms with Gasteiger partial charge in [0.1, 0.15) is 13.2 Å². The van der Waals surface area contributed by atoms with E-state index in [1.807, 2.05) is 12.3 Å². The average molecular weight is 318 g/mol. The van der Waals surface area contributed by atoms with Gasteiger partial charge in [0.2, 0.25) is 0 Å². The lowest BCUT2D eigenvalue weighted by Gasteiger charge is -2.30. The zero-order valence-corrected chi connectivity index (χ0v) is 13.3. The molecule has 0 fully saturated rings. The third-order valence-electron chi connectivity index (χ3n) is 4.85. The molecule has 120 valence electrons. The van der Waals surface area contributed by atoms with Gasteiger partial charge in [0, 0.05) is 18.1 Å². The van der Waals surface area contributed by atoms with Gasteiger partial charge in [-0.3, -0.25) is 4.98 Å². The molecule has 1 aromatic heterocycles. The first kappa shape index (κ1) is 13.8. The quantitative estimate of drug-likeness (QED) is 0.748. The molecule has 0 amide bonds. The Morgan fingerprint density at radius 1 is 0.958 bits per heavy atom. The Balaban J connectivity index is 1.68. The van der Waals surface area contributed by atoms with Gasteiger partial charge in [-0.1, -0.05) is 18.2 Å². The summed E-state index contributed by atoms with van der Waals surface area (Å²) in [5.41, 5.74) is 4.91. The SMILES string of the molecule is c1ccc2c(C3NCCc4cc5c(cc43)OCCO5)ccnc2c1. The van der Waals surface area contributed by atoms with Crippen LogP contribution in [0.5, 0.6) is 11.5 Å². The van der Waals surface area contributed by atoms with E-state index < -0.39 is 0 Å². The summed E-state index contributed by atoms with van der Waals surface area (Å²) >= 11 is 0. The number of hydrogen-bond acceptors (Lipinski definition) is 4. The molecule has 1 unspecified atom stereocenters. The van der Waals surface area contributed by atoms with Crippen LogP contribution in [-0.4, -0.2) is 24.7 Å². The van der Waals surface area contributed by atoms with Crippen LogP contribution >= 0.6 is 0 Å². The Bertz CT molecular complexity index is 917. The molecular weight excluding hydrogens is 300 g/mol. The molecule has 4 heteroatoms. The van der Waals surface area contributed by atoms with Crippen LogP contribution < -0.4 is 14.8 Å². The molecule has 0 radical (unpaired) electrons. The van der Waals surface area contributed by atoms with Crippen molar-refractivity contribution >= 4 is 10.9 Å². The molecule has 0 spiro atoms. The number of nitrogens with one attached hydrogen (secondary N) is 1. The smallest absolute Gasteiger partial charge is 0.161 e.